The summed E-state index contributed by atoms with van der Waals surface area (Å²) in [6.45, 7) is 5.67. The highest BCUT2D eigenvalue weighted by molar-refractivity contribution is 5.85. The average Bonchev–Trinajstić information content (AvgIpc) is 1.78. The van der Waals surface area contributed by atoms with Crippen LogP contribution in [0.25, 0.3) is 0 Å². The van der Waals surface area contributed by atoms with Crippen LogP contribution in [0.2, 0.25) is 0 Å². The zero-order valence-corrected chi connectivity index (χ0v) is 10.2. The maximum Gasteiger partial charge on any atom is 0.410 e. The Bertz CT molecular complexity index is 197. The van der Waals surface area contributed by atoms with Crippen LogP contribution in [0.15, 0.2) is 0 Å². The van der Waals surface area contributed by atoms with Crippen molar-refractivity contribution in [2.45, 2.75) is 51.7 Å². The third-order valence-corrected chi connectivity index (χ3v) is 2.30. The second-order valence-electron chi connectivity index (χ2n) is 4.68. The van der Waals surface area contributed by atoms with Gasteiger partial charge in [0.1, 0.15) is 5.60 Å². The first-order valence-corrected chi connectivity index (χ1v) is 4.86. The van der Waals surface area contributed by atoms with Crippen LogP contribution in [0.5, 0.6) is 0 Å². The lowest BCUT2D eigenvalue weighted by Gasteiger charge is -2.35. The van der Waals surface area contributed by atoms with Gasteiger partial charge in [-0.2, -0.15) is 0 Å². The van der Waals surface area contributed by atoms with Gasteiger partial charge < -0.3 is 9.64 Å². The maximum atomic E-state index is 11.5. The van der Waals surface area contributed by atoms with E-state index in [2.05, 4.69) is 0 Å². The summed E-state index contributed by atoms with van der Waals surface area (Å²) in [5, 5.41) is 0. The first-order valence-electron chi connectivity index (χ1n) is 4.86. The molecule has 0 atom stereocenters. The van der Waals surface area contributed by atoms with Crippen molar-refractivity contribution in [1.29, 1.82) is 0 Å². The van der Waals surface area contributed by atoms with E-state index in [1.807, 2.05) is 27.8 Å². The highest BCUT2D eigenvalue weighted by atomic mass is 35.5. The Morgan fingerprint density at radius 1 is 1.36 bits per heavy atom. The van der Waals surface area contributed by atoms with Crippen molar-refractivity contribution in [3.8, 4) is 0 Å². The van der Waals surface area contributed by atoms with E-state index in [1.54, 1.807) is 4.90 Å². The van der Waals surface area contributed by atoms with Crippen LogP contribution in [0.4, 0.5) is 4.79 Å². The number of hydrogen-bond donors (Lipinski definition) is 0. The third kappa shape index (κ3) is 3.74. The smallest absolute Gasteiger partial charge is 0.410 e. The third-order valence-electron chi connectivity index (χ3n) is 2.30. The molecule has 0 spiro atoms. The van der Waals surface area contributed by atoms with Gasteiger partial charge in [-0.3, -0.25) is 0 Å². The minimum atomic E-state index is -0.380. The van der Waals surface area contributed by atoms with Crippen molar-refractivity contribution in [1.82, 2.24) is 4.90 Å². The van der Waals surface area contributed by atoms with Crippen LogP contribution < -0.4 is 0 Å². The minimum Gasteiger partial charge on any atom is -0.444 e. The summed E-state index contributed by atoms with van der Waals surface area (Å²) in [6.07, 6.45) is 3.28. The standard InChI is InChI=1S/C10H19NO2.ClH/c1-10(2,3)13-9(12)11(4)8-6-5-7-8;/h8H,5-7H2,1-4H3;1H. The summed E-state index contributed by atoms with van der Waals surface area (Å²) in [5.74, 6) is 0. The predicted octanol–water partition coefficient (Wildman–Crippen LogP) is 2.83. The van der Waals surface area contributed by atoms with E-state index in [0.29, 0.717) is 6.04 Å². The molecule has 0 radical (unpaired) electrons. The minimum absolute atomic E-state index is 0. The van der Waals surface area contributed by atoms with Gasteiger partial charge in [0.15, 0.2) is 0 Å². The fraction of sp³-hybridized carbons (Fsp3) is 0.900. The van der Waals surface area contributed by atoms with Gasteiger partial charge in [0.05, 0.1) is 0 Å². The van der Waals surface area contributed by atoms with Gasteiger partial charge in [-0.15, -0.1) is 12.4 Å². The molecule has 0 saturated heterocycles. The van der Waals surface area contributed by atoms with Crippen LogP contribution in [0, 0.1) is 0 Å². The number of ether oxygens (including phenoxy) is 1. The predicted molar refractivity (Wildman–Crippen MR) is 58.9 cm³/mol. The second kappa shape index (κ2) is 4.87. The molecular formula is C10H20ClNO2. The molecule has 4 heteroatoms. The van der Waals surface area contributed by atoms with Gasteiger partial charge in [-0.1, -0.05) is 0 Å². The fourth-order valence-corrected chi connectivity index (χ4v) is 1.26. The summed E-state index contributed by atoms with van der Waals surface area (Å²) >= 11 is 0. The lowest BCUT2D eigenvalue weighted by molar-refractivity contribution is 0.0145. The Balaban J connectivity index is 0.00000169. The zero-order chi connectivity index (χ0) is 10.1. The van der Waals surface area contributed by atoms with Crippen molar-refractivity contribution in [2.75, 3.05) is 7.05 Å². The molecule has 0 aromatic heterocycles. The van der Waals surface area contributed by atoms with Gasteiger partial charge in [0.25, 0.3) is 0 Å². The molecule has 14 heavy (non-hydrogen) atoms. The number of carbonyl (C=O) groups excluding carboxylic acids is 1. The van der Waals surface area contributed by atoms with Crippen LogP contribution in [-0.4, -0.2) is 29.7 Å². The number of carbonyl (C=O) groups is 1. The molecule has 0 bridgehead atoms. The van der Waals surface area contributed by atoms with Gasteiger partial charge >= 0.3 is 6.09 Å². The maximum absolute atomic E-state index is 11.5. The Morgan fingerprint density at radius 2 is 1.86 bits per heavy atom. The Morgan fingerprint density at radius 3 is 2.14 bits per heavy atom. The monoisotopic (exact) mass is 221 g/mol. The van der Waals surface area contributed by atoms with Gasteiger partial charge in [0, 0.05) is 13.1 Å². The molecule has 0 N–H and O–H groups in total. The lowest BCUT2D eigenvalue weighted by Crippen LogP contribution is -2.43. The summed E-state index contributed by atoms with van der Waals surface area (Å²) < 4.78 is 5.24. The number of nitrogens with zero attached hydrogens (tertiary/aromatic N) is 1. The fourth-order valence-electron chi connectivity index (χ4n) is 1.26. The SMILES string of the molecule is CN(C(=O)OC(C)(C)C)C1CCC1.Cl. The molecule has 0 heterocycles. The lowest BCUT2D eigenvalue weighted by atomic mass is 9.92. The first kappa shape index (κ1) is 13.6. The Hall–Kier alpha value is -0.440. The van der Waals surface area contributed by atoms with Crippen molar-refractivity contribution >= 4 is 18.5 Å². The quantitative estimate of drug-likeness (QED) is 0.682. The first-order chi connectivity index (χ1) is 5.90. The summed E-state index contributed by atoms with van der Waals surface area (Å²) in [6, 6.07) is 0.412. The second-order valence-corrected chi connectivity index (χ2v) is 4.68. The van der Waals surface area contributed by atoms with E-state index < -0.39 is 0 Å². The van der Waals surface area contributed by atoms with Gasteiger partial charge in [-0.05, 0) is 40.0 Å². The Kier molecular flexibility index (Phi) is 4.72. The van der Waals surface area contributed by atoms with E-state index in [0.717, 1.165) is 12.8 Å². The molecular weight excluding hydrogens is 202 g/mol. The molecule has 0 aromatic rings. The molecule has 0 unspecified atom stereocenters. The van der Waals surface area contributed by atoms with E-state index in [9.17, 15) is 4.79 Å². The molecule has 1 fully saturated rings. The normalized spacial score (nSPS) is 16.6. The van der Waals surface area contributed by atoms with Crippen LogP contribution >= 0.6 is 12.4 Å². The molecule has 1 amide bonds. The molecule has 3 nitrogen and oxygen atoms in total. The topological polar surface area (TPSA) is 29.5 Å². The average molecular weight is 222 g/mol. The highest BCUT2D eigenvalue weighted by Gasteiger charge is 2.28. The van der Waals surface area contributed by atoms with Crippen LogP contribution in [0.1, 0.15) is 40.0 Å². The van der Waals surface area contributed by atoms with E-state index in [1.165, 1.54) is 6.42 Å². The molecule has 1 rings (SSSR count). The van der Waals surface area contributed by atoms with E-state index in [-0.39, 0.29) is 24.1 Å². The molecule has 0 aromatic carbocycles. The van der Waals surface area contributed by atoms with Crippen molar-refractivity contribution in [2.24, 2.45) is 0 Å². The van der Waals surface area contributed by atoms with Crippen molar-refractivity contribution in [3.63, 3.8) is 0 Å². The number of halogens is 1. The molecule has 1 aliphatic rings. The van der Waals surface area contributed by atoms with Crippen molar-refractivity contribution < 1.29 is 9.53 Å². The number of rotatable bonds is 1. The number of amides is 1. The molecule has 0 aliphatic heterocycles. The van der Waals surface area contributed by atoms with E-state index in [4.69, 9.17) is 4.74 Å². The van der Waals surface area contributed by atoms with Gasteiger partial charge in [-0.25, -0.2) is 4.79 Å². The summed E-state index contributed by atoms with van der Waals surface area (Å²) in [7, 11) is 1.82. The summed E-state index contributed by atoms with van der Waals surface area (Å²) in [4.78, 5) is 13.2. The highest BCUT2D eigenvalue weighted by Crippen LogP contribution is 2.24. The van der Waals surface area contributed by atoms with Gasteiger partial charge in [0.2, 0.25) is 0 Å². The summed E-state index contributed by atoms with van der Waals surface area (Å²) in [5.41, 5.74) is -0.380. The zero-order valence-electron chi connectivity index (χ0n) is 9.37. The van der Waals surface area contributed by atoms with Crippen molar-refractivity contribution in [3.05, 3.63) is 0 Å². The largest absolute Gasteiger partial charge is 0.444 e. The Labute approximate surface area is 92.2 Å². The van der Waals surface area contributed by atoms with Crippen LogP contribution in [-0.2, 0) is 4.74 Å². The molecule has 1 saturated carbocycles. The molecule has 1 aliphatic carbocycles. The van der Waals surface area contributed by atoms with Crippen LogP contribution in [0.3, 0.4) is 0 Å². The van der Waals surface area contributed by atoms with E-state index >= 15 is 0 Å². The number of hydrogen-bond acceptors (Lipinski definition) is 2. The molecule has 84 valence electrons.